The number of carbonyl (C=O) groups excluding carboxylic acids is 1. The van der Waals surface area contributed by atoms with E-state index >= 15 is 0 Å². The first-order valence-electron chi connectivity index (χ1n) is 8.29. The lowest BCUT2D eigenvalue weighted by Gasteiger charge is -2.13. The summed E-state index contributed by atoms with van der Waals surface area (Å²) in [6.07, 6.45) is 3.78. The molecule has 0 bridgehead atoms. The molecule has 1 aromatic carbocycles. The SMILES string of the molecule is C[C@@H](CCC(N)=O)COc1ccc(F)c(CCCCCC(=O)O)c1. The molecule has 0 saturated carbocycles. The van der Waals surface area contributed by atoms with Gasteiger partial charge in [-0.05, 0) is 55.4 Å². The second kappa shape index (κ2) is 10.6. The van der Waals surface area contributed by atoms with E-state index in [1.165, 1.54) is 6.07 Å². The molecule has 0 spiro atoms. The number of carbonyl (C=O) groups is 2. The second-order valence-corrected chi connectivity index (χ2v) is 6.13. The number of carboxylic acid groups (broad SMARTS) is 1. The van der Waals surface area contributed by atoms with Crippen LogP contribution in [0.3, 0.4) is 0 Å². The number of nitrogens with two attached hydrogens (primary N) is 1. The van der Waals surface area contributed by atoms with Gasteiger partial charge >= 0.3 is 5.97 Å². The molecule has 0 aliphatic carbocycles. The number of rotatable bonds is 12. The number of benzene rings is 1. The van der Waals surface area contributed by atoms with Crippen molar-refractivity contribution in [2.45, 2.75) is 51.9 Å². The van der Waals surface area contributed by atoms with Crippen LogP contribution in [0.2, 0.25) is 0 Å². The van der Waals surface area contributed by atoms with Crippen molar-refractivity contribution in [1.82, 2.24) is 0 Å². The maximum absolute atomic E-state index is 13.8. The van der Waals surface area contributed by atoms with E-state index in [-0.39, 0.29) is 24.1 Å². The van der Waals surface area contributed by atoms with E-state index in [9.17, 15) is 14.0 Å². The Hall–Kier alpha value is -2.11. The van der Waals surface area contributed by atoms with Crippen LogP contribution in [-0.2, 0) is 16.0 Å². The van der Waals surface area contributed by atoms with Gasteiger partial charge in [-0.25, -0.2) is 4.39 Å². The summed E-state index contributed by atoms with van der Waals surface area (Å²) in [7, 11) is 0. The lowest BCUT2D eigenvalue weighted by Crippen LogP contribution is -2.15. The monoisotopic (exact) mass is 339 g/mol. The van der Waals surface area contributed by atoms with Gasteiger partial charge in [0.05, 0.1) is 6.61 Å². The number of hydrogen-bond donors (Lipinski definition) is 2. The molecule has 6 heteroatoms. The van der Waals surface area contributed by atoms with Crippen molar-refractivity contribution in [3.8, 4) is 5.75 Å². The predicted octanol–water partition coefficient (Wildman–Crippen LogP) is 3.29. The number of hydrogen-bond acceptors (Lipinski definition) is 3. The molecule has 0 radical (unpaired) electrons. The van der Waals surface area contributed by atoms with Crippen molar-refractivity contribution in [2.24, 2.45) is 11.7 Å². The third-order valence-corrected chi connectivity index (χ3v) is 3.77. The molecule has 0 aromatic heterocycles. The maximum Gasteiger partial charge on any atom is 0.303 e. The van der Waals surface area contributed by atoms with Crippen LogP contribution in [0.4, 0.5) is 4.39 Å². The molecule has 0 aliphatic rings. The summed E-state index contributed by atoms with van der Waals surface area (Å²) >= 11 is 0. The van der Waals surface area contributed by atoms with Gasteiger partial charge < -0.3 is 15.6 Å². The first-order valence-corrected chi connectivity index (χ1v) is 8.29. The normalized spacial score (nSPS) is 11.9. The highest BCUT2D eigenvalue weighted by atomic mass is 19.1. The van der Waals surface area contributed by atoms with Crippen LogP contribution in [0.1, 0.15) is 51.0 Å². The summed E-state index contributed by atoms with van der Waals surface area (Å²) in [6.45, 7) is 2.41. The highest BCUT2D eigenvalue weighted by Gasteiger charge is 2.08. The molecule has 134 valence electrons. The van der Waals surface area contributed by atoms with Gasteiger partial charge in [0.15, 0.2) is 0 Å². The van der Waals surface area contributed by atoms with Crippen molar-refractivity contribution in [1.29, 1.82) is 0 Å². The van der Waals surface area contributed by atoms with Crippen LogP contribution >= 0.6 is 0 Å². The highest BCUT2D eigenvalue weighted by molar-refractivity contribution is 5.73. The van der Waals surface area contributed by atoms with Crippen LogP contribution in [0.5, 0.6) is 5.75 Å². The van der Waals surface area contributed by atoms with Crippen molar-refractivity contribution in [3.05, 3.63) is 29.6 Å². The van der Waals surface area contributed by atoms with Crippen LogP contribution in [0, 0.1) is 11.7 Å². The van der Waals surface area contributed by atoms with Gasteiger partial charge in [-0.2, -0.15) is 0 Å². The summed E-state index contributed by atoms with van der Waals surface area (Å²) in [4.78, 5) is 21.2. The zero-order chi connectivity index (χ0) is 17.9. The Kier molecular flexibility index (Phi) is 8.83. The molecule has 1 rings (SSSR count). The Labute approximate surface area is 142 Å². The number of aliphatic carboxylic acids is 1. The van der Waals surface area contributed by atoms with E-state index in [0.29, 0.717) is 43.6 Å². The third-order valence-electron chi connectivity index (χ3n) is 3.77. The number of aryl methyl sites for hydroxylation is 1. The molecule has 1 amide bonds. The molecule has 1 atom stereocenters. The minimum absolute atomic E-state index is 0.148. The van der Waals surface area contributed by atoms with Gasteiger partial charge in [0.1, 0.15) is 11.6 Å². The molecule has 1 aromatic rings. The van der Waals surface area contributed by atoms with Crippen molar-refractivity contribution in [3.63, 3.8) is 0 Å². The Morgan fingerprint density at radius 3 is 2.67 bits per heavy atom. The minimum atomic E-state index is -0.804. The van der Waals surface area contributed by atoms with Gasteiger partial charge in [0, 0.05) is 12.8 Å². The van der Waals surface area contributed by atoms with E-state index in [0.717, 1.165) is 12.8 Å². The van der Waals surface area contributed by atoms with Gasteiger partial charge in [-0.1, -0.05) is 13.3 Å². The standard InChI is InChI=1S/C18H26FNO4/c1-13(7-10-17(20)21)12-24-15-8-9-16(19)14(11-15)5-3-2-4-6-18(22)23/h8-9,11,13H,2-7,10,12H2,1H3,(H2,20,21)(H,22,23)/t13-/m0/s1. The molecular weight excluding hydrogens is 313 g/mol. The lowest BCUT2D eigenvalue weighted by atomic mass is 10.0. The fraction of sp³-hybridized carbons (Fsp3) is 0.556. The molecule has 0 aliphatic heterocycles. The topological polar surface area (TPSA) is 89.6 Å². The zero-order valence-corrected chi connectivity index (χ0v) is 14.1. The number of amides is 1. The largest absolute Gasteiger partial charge is 0.493 e. The summed E-state index contributed by atoms with van der Waals surface area (Å²) in [5.41, 5.74) is 5.69. The second-order valence-electron chi connectivity index (χ2n) is 6.13. The fourth-order valence-corrected chi connectivity index (χ4v) is 2.31. The molecule has 24 heavy (non-hydrogen) atoms. The third kappa shape index (κ3) is 8.50. The number of unbranched alkanes of at least 4 members (excludes halogenated alkanes) is 2. The van der Waals surface area contributed by atoms with Crippen molar-refractivity contribution < 1.29 is 23.8 Å². The van der Waals surface area contributed by atoms with E-state index in [4.69, 9.17) is 15.6 Å². The van der Waals surface area contributed by atoms with Gasteiger partial charge in [0.2, 0.25) is 5.91 Å². The molecule has 0 heterocycles. The Morgan fingerprint density at radius 2 is 2.00 bits per heavy atom. The Balaban J connectivity index is 2.41. The molecular formula is C18H26FNO4. The fourth-order valence-electron chi connectivity index (χ4n) is 2.31. The smallest absolute Gasteiger partial charge is 0.303 e. The zero-order valence-electron chi connectivity index (χ0n) is 14.1. The first-order chi connectivity index (χ1) is 11.4. The van der Waals surface area contributed by atoms with E-state index in [1.807, 2.05) is 6.92 Å². The summed E-state index contributed by atoms with van der Waals surface area (Å²) in [5.74, 6) is -0.622. The average molecular weight is 339 g/mol. The van der Waals surface area contributed by atoms with E-state index in [2.05, 4.69) is 0 Å². The van der Waals surface area contributed by atoms with Crippen LogP contribution in [0.25, 0.3) is 0 Å². The van der Waals surface area contributed by atoms with Gasteiger partial charge in [0.25, 0.3) is 0 Å². The van der Waals surface area contributed by atoms with Crippen LogP contribution < -0.4 is 10.5 Å². The van der Waals surface area contributed by atoms with Gasteiger partial charge in [-0.3, -0.25) is 9.59 Å². The quantitative estimate of drug-likeness (QED) is 0.572. The minimum Gasteiger partial charge on any atom is -0.493 e. The number of primary amides is 1. The maximum atomic E-state index is 13.8. The highest BCUT2D eigenvalue weighted by Crippen LogP contribution is 2.20. The molecule has 0 unspecified atom stereocenters. The summed E-state index contributed by atoms with van der Waals surface area (Å²) in [5, 5.41) is 8.58. The predicted molar refractivity (Wildman–Crippen MR) is 89.3 cm³/mol. The van der Waals surface area contributed by atoms with E-state index in [1.54, 1.807) is 12.1 Å². The molecule has 3 N–H and O–H groups in total. The number of ether oxygens (including phenoxy) is 1. The van der Waals surface area contributed by atoms with Gasteiger partial charge in [-0.15, -0.1) is 0 Å². The molecule has 0 fully saturated rings. The first kappa shape index (κ1) is 19.9. The lowest BCUT2D eigenvalue weighted by molar-refractivity contribution is -0.137. The van der Waals surface area contributed by atoms with Crippen LogP contribution in [0.15, 0.2) is 18.2 Å². The summed E-state index contributed by atoms with van der Waals surface area (Å²) in [6, 6.07) is 4.66. The Morgan fingerprint density at radius 1 is 1.25 bits per heavy atom. The number of halogens is 1. The molecule has 5 nitrogen and oxygen atoms in total. The van der Waals surface area contributed by atoms with E-state index < -0.39 is 5.97 Å². The van der Waals surface area contributed by atoms with Crippen LogP contribution in [-0.4, -0.2) is 23.6 Å². The Bertz CT molecular complexity index is 548. The number of carboxylic acids is 1. The van der Waals surface area contributed by atoms with Crippen molar-refractivity contribution >= 4 is 11.9 Å². The van der Waals surface area contributed by atoms with Crippen molar-refractivity contribution in [2.75, 3.05) is 6.61 Å². The summed E-state index contributed by atoms with van der Waals surface area (Å²) < 4.78 is 19.5. The average Bonchev–Trinajstić information content (AvgIpc) is 2.52. The molecule has 0 saturated heterocycles.